The molecule has 0 spiro atoms. The largest absolute Gasteiger partial charge is 0.256 e. The van der Waals surface area contributed by atoms with Crippen LogP contribution in [-0.2, 0) is 0 Å². The molecule has 1 aromatic carbocycles. The molecule has 0 aliphatic carbocycles. The maximum absolute atomic E-state index is 4.38. The molecule has 3 rings (SSSR count). The van der Waals surface area contributed by atoms with E-state index in [2.05, 4.69) is 58.8 Å². The summed E-state index contributed by atoms with van der Waals surface area (Å²) in [5, 5.41) is 0. The van der Waals surface area contributed by atoms with E-state index < -0.39 is 0 Å². The molecule has 1 fully saturated rings. The van der Waals surface area contributed by atoms with E-state index in [0.717, 1.165) is 5.69 Å². The van der Waals surface area contributed by atoms with Crippen molar-refractivity contribution in [1.82, 2.24) is 4.98 Å². The third-order valence-electron chi connectivity index (χ3n) is 2.97. The first-order valence-electron chi connectivity index (χ1n) is 6.18. The van der Waals surface area contributed by atoms with E-state index in [4.69, 9.17) is 0 Å². The fourth-order valence-electron chi connectivity index (χ4n) is 2.02. The number of hydrogen-bond acceptors (Lipinski definition) is 3. The Morgan fingerprint density at radius 2 is 1.72 bits per heavy atom. The van der Waals surface area contributed by atoms with Gasteiger partial charge >= 0.3 is 0 Å². The first-order valence-corrected chi connectivity index (χ1v) is 8.28. The van der Waals surface area contributed by atoms with Crippen LogP contribution in [0.2, 0.25) is 0 Å². The minimum absolute atomic E-state index is 0.622. The topological polar surface area (TPSA) is 12.9 Å². The summed E-state index contributed by atoms with van der Waals surface area (Å²) in [7, 11) is 0. The Balaban J connectivity index is 1.80. The van der Waals surface area contributed by atoms with Gasteiger partial charge in [-0.15, -0.1) is 23.5 Å². The Kier molecular flexibility index (Phi) is 3.91. The summed E-state index contributed by atoms with van der Waals surface area (Å²) in [6, 6.07) is 14.9. The molecule has 0 amide bonds. The Morgan fingerprint density at radius 3 is 2.39 bits per heavy atom. The molecular formula is C15H15NS2. The van der Waals surface area contributed by atoms with Crippen LogP contribution >= 0.6 is 23.5 Å². The number of thioether (sulfide) groups is 2. The van der Waals surface area contributed by atoms with Crippen LogP contribution in [0.25, 0.3) is 11.3 Å². The van der Waals surface area contributed by atoms with E-state index in [1.165, 1.54) is 29.1 Å². The van der Waals surface area contributed by atoms with Crippen molar-refractivity contribution in [1.29, 1.82) is 0 Å². The van der Waals surface area contributed by atoms with Crippen molar-refractivity contribution in [3.8, 4) is 11.3 Å². The molecular weight excluding hydrogens is 258 g/mol. The lowest BCUT2D eigenvalue weighted by Crippen LogP contribution is -1.99. The summed E-state index contributed by atoms with van der Waals surface area (Å²) in [5.74, 6) is 2.58. The number of aromatic nitrogens is 1. The smallest absolute Gasteiger partial charge is 0.0751 e. The molecule has 1 aromatic heterocycles. The van der Waals surface area contributed by atoms with Gasteiger partial charge in [0.05, 0.1) is 10.3 Å². The van der Waals surface area contributed by atoms with Crippen molar-refractivity contribution in [3.63, 3.8) is 0 Å². The molecule has 92 valence electrons. The van der Waals surface area contributed by atoms with Gasteiger partial charge in [0.15, 0.2) is 0 Å². The number of benzene rings is 1. The number of nitrogens with zero attached hydrogens (tertiary/aromatic N) is 1. The molecule has 2 aromatic rings. The standard InChI is InChI=1S/C15H15NS2/c1-2-9-16-14(4-1)12-5-7-13(8-6-12)15-17-10-3-11-18-15/h1-2,4-9,15H,3,10-11H2. The molecule has 0 atom stereocenters. The van der Waals surface area contributed by atoms with Crippen LogP contribution < -0.4 is 0 Å². The predicted octanol–water partition coefficient (Wildman–Crippen LogP) is 4.62. The van der Waals surface area contributed by atoms with Crippen LogP contribution in [0.15, 0.2) is 48.7 Å². The average molecular weight is 273 g/mol. The normalized spacial score (nSPS) is 16.7. The molecule has 1 aliphatic heterocycles. The Morgan fingerprint density at radius 1 is 0.944 bits per heavy atom. The fourth-order valence-corrected chi connectivity index (χ4v) is 4.92. The number of hydrogen-bond donors (Lipinski definition) is 0. The van der Waals surface area contributed by atoms with Gasteiger partial charge in [-0.3, -0.25) is 4.98 Å². The van der Waals surface area contributed by atoms with Gasteiger partial charge in [-0.1, -0.05) is 30.3 Å². The van der Waals surface area contributed by atoms with Crippen molar-refractivity contribution in [2.45, 2.75) is 11.0 Å². The zero-order valence-corrected chi connectivity index (χ0v) is 11.7. The molecule has 2 heterocycles. The van der Waals surface area contributed by atoms with E-state index >= 15 is 0 Å². The Labute approximate surface area is 116 Å². The second-order valence-electron chi connectivity index (χ2n) is 4.26. The summed E-state index contributed by atoms with van der Waals surface area (Å²) in [5.41, 5.74) is 3.68. The van der Waals surface area contributed by atoms with Gasteiger partial charge in [0.1, 0.15) is 0 Å². The second kappa shape index (κ2) is 5.81. The first kappa shape index (κ1) is 12.1. The molecule has 1 nitrogen and oxygen atoms in total. The Bertz CT molecular complexity index is 490. The van der Waals surface area contributed by atoms with Gasteiger partial charge in [-0.25, -0.2) is 0 Å². The molecule has 0 saturated carbocycles. The molecule has 0 bridgehead atoms. The van der Waals surface area contributed by atoms with E-state index in [0.29, 0.717) is 4.58 Å². The van der Waals surface area contributed by atoms with Gasteiger partial charge in [-0.2, -0.15) is 0 Å². The minimum atomic E-state index is 0.622. The highest BCUT2D eigenvalue weighted by Crippen LogP contribution is 2.43. The van der Waals surface area contributed by atoms with E-state index in [-0.39, 0.29) is 0 Å². The van der Waals surface area contributed by atoms with Crippen LogP contribution in [0.4, 0.5) is 0 Å². The minimum Gasteiger partial charge on any atom is -0.256 e. The van der Waals surface area contributed by atoms with Crippen LogP contribution in [0, 0.1) is 0 Å². The van der Waals surface area contributed by atoms with Crippen molar-refractivity contribution in [2.75, 3.05) is 11.5 Å². The van der Waals surface area contributed by atoms with Gasteiger partial charge in [0.2, 0.25) is 0 Å². The van der Waals surface area contributed by atoms with Gasteiger partial charge < -0.3 is 0 Å². The van der Waals surface area contributed by atoms with E-state index in [9.17, 15) is 0 Å². The molecule has 1 aliphatic rings. The summed E-state index contributed by atoms with van der Waals surface area (Å²) < 4.78 is 0.622. The zero-order valence-electron chi connectivity index (χ0n) is 10.1. The van der Waals surface area contributed by atoms with Crippen molar-refractivity contribution in [3.05, 3.63) is 54.2 Å². The lowest BCUT2D eigenvalue weighted by molar-refractivity contribution is 1.10. The Hall–Kier alpha value is -0.930. The molecule has 0 unspecified atom stereocenters. The summed E-state index contributed by atoms with van der Waals surface area (Å²) in [4.78, 5) is 4.38. The molecule has 18 heavy (non-hydrogen) atoms. The highest BCUT2D eigenvalue weighted by Gasteiger charge is 2.16. The monoisotopic (exact) mass is 273 g/mol. The zero-order chi connectivity index (χ0) is 12.2. The molecule has 0 N–H and O–H groups in total. The van der Waals surface area contributed by atoms with E-state index in [1.807, 2.05) is 18.3 Å². The predicted molar refractivity (Wildman–Crippen MR) is 81.9 cm³/mol. The van der Waals surface area contributed by atoms with Crippen LogP contribution in [0.5, 0.6) is 0 Å². The van der Waals surface area contributed by atoms with Gasteiger partial charge in [0.25, 0.3) is 0 Å². The number of rotatable bonds is 2. The third kappa shape index (κ3) is 2.73. The lowest BCUT2D eigenvalue weighted by Gasteiger charge is -2.21. The van der Waals surface area contributed by atoms with Crippen LogP contribution in [-0.4, -0.2) is 16.5 Å². The molecule has 3 heteroatoms. The average Bonchev–Trinajstić information content (AvgIpc) is 2.49. The quantitative estimate of drug-likeness (QED) is 0.792. The third-order valence-corrected chi connectivity index (χ3v) is 5.99. The molecule has 1 saturated heterocycles. The van der Waals surface area contributed by atoms with Gasteiger partial charge in [0, 0.05) is 11.8 Å². The summed E-state index contributed by atoms with van der Waals surface area (Å²) in [6.07, 6.45) is 3.19. The summed E-state index contributed by atoms with van der Waals surface area (Å²) >= 11 is 4.13. The summed E-state index contributed by atoms with van der Waals surface area (Å²) in [6.45, 7) is 0. The lowest BCUT2D eigenvalue weighted by atomic mass is 10.1. The molecule has 0 radical (unpaired) electrons. The highest BCUT2D eigenvalue weighted by molar-refractivity contribution is 8.16. The highest BCUT2D eigenvalue weighted by atomic mass is 32.2. The first-order chi connectivity index (χ1) is 8.93. The van der Waals surface area contributed by atoms with Crippen molar-refractivity contribution < 1.29 is 0 Å². The second-order valence-corrected chi connectivity index (χ2v) is 6.99. The van der Waals surface area contributed by atoms with Crippen LogP contribution in [0.1, 0.15) is 16.6 Å². The maximum atomic E-state index is 4.38. The van der Waals surface area contributed by atoms with Crippen molar-refractivity contribution in [2.24, 2.45) is 0 Å². The fraction of sp³-hybridized carbons (Fsp3) is 0.267. The SMILES string of the molecule is c1ccc(-c2ccc(C3SCCCS3)cc2)nc1. The number of pyridine rings is 1. The van der Waals surface area contributed by atoms with E-state index in [1.54, 1.807) is 0 Å². The van der Waals surface area contributed by atoms with Crippen LogP contribution in [0.3, 0.4) is 0 Å². The maximum Gasteiger partial charge on any atom is 0.0751 e. The van der Waals surface area contributed by atoms with Gasteiger partial charge in [-0.05, 0) is 35.6 Å². The van der Waals surface area contributed by atoms with Crippen molar-refractivity contribution >= 4 is 23.5 Å².